The molecule has 0 amide bonds. The quantitative estimate of drug-likeness (QED) is 0.875. The van der Waals surface area contributed by atoms with Crippen LogP contribution in [0.25, 0.3) is 0 Å². The van der Waals surface area contributed by atoms with Crippen molar-refractivity contribution in [2.75, 3.05) is 0 Å². The lowest BCUT2D eigenvalue weighted by Gasteiger charge is -2.15. The number of hydrogen-bond donors (Lipinski definition) is 1. The molecule has 1 atom stereocenters. The topological polar surface area (TPSA) is 26.0 Å². The van der Waals surface area contributed by atoms with Gasteiger partial charge >= 0.3 is 0 Å². The van der Waals surface area contributed by atoms with E-state index < -0.39 is 17.7 Å². The van der Waals surface area contributed by atoms with E-state index >= 15 is 0 Å². The summed E-state index contributed by atoms with van der Waals surface area (Å²) >= 11 is 5.86. The van der Waals surface area contributed by atoms with Gasteiger partial charge in [0, 0.05) is 11.1 Å². The zero-order chi connectivity index (χ0) is 13.3. The SMILES string of the molecule is Cc1cc(Cl)ccc1C(N)c1cc(F)cc(F)c1. The Bertz CT molecular complexity index is 564. The van der Waals surface area contributed by atoms with Crippen LogP contribution in [0.3, 0.4) is 0 Å². The molecule has 18 heavy (non-hydrogen) atoms. The molecule has 0 aromatic heterocycles. The van der Waals surface area contributed by atoms with Gasteiger partial charge in [0.2, 0.25) is 0 Å². The summed E-state index contributed by atoms with van der Waals surface area (Å²) in [5, 5.41) is 0.605. The number of hydrogen-bond acceptors (Lipinski definition) is 1. The van der Waals surface area contributed by atoms with Crippen molar-refractivity contribution < 1.29 is 8.78 Å². The number of halogens is 3. The van der Waals surface area contributed by atoms with E-state index in [9.17, 15) is 8.78 Å². The Morgan fingerprint density at radius 3 is 2.22 bits per heavy atom. The van der Waals surface area contributed by atoms with Crippen LogP contribution >= 0.6 is 11.6 Å². The average molecular weight is 268 g/mol. The Morgan fingerprint density at radius 2 is 1.67 bits per heavy atom. The van der Waals surface area contributed by atoms with Gasteiger partial charge in [0.15, 0.2) is 0 Å². The fraction of sp³-hybridized carbons (Fsp3) is 0.143. The molecular weight excluding hydrogens is 256 g/mol. The van der Waals surface area contributed by atoms with Crippen LogP contribution < -0.4 is 5.73 Å². The molecule has 0 spiro atoms. The summed E-state index contributed by atoms with van der Waals surface area (Å²) in [6.45, 7) is 1.86. The zero-order valence-electron chi connectivity index (χ0n) is 9.75. The maximum Gasteiger partial charge on any atom is 0.126 e. The molecule has 0 fully saturated rings. The molecule has 1 nitrogen and oxygen atoms in total. The fourth-order valence-electron chi connectivity index (χ4n) is 1.92. The largest absolute Gasteiger partial charge is 0.320 e. The molecule has 94 valence electrons. The second-order valence-electron chi connectivity index (χ2n) is 4.18. The number of nitrogens with two attached hydrogens (primary N) is 1. The van der Waals surface area contributed by atoms with Crippen LogP contribution in [-0.4, -0.2) is 0 Å². The van der Waals surface area contributed by atoms with Crippen LogP contribution in [0.1, 0.15) is 22.7 Å². The van der Waals surface area contributed by atoms with Gasteiger partial charge in [0.05, 0.1) is 6.04 Å². The van der Waals surface area contributed by atoms with Gasteiger partial charge in [-0.3, -0.25) is 0 Å². The summed E-state index contributed by atoms with van der Waals surface area (Å²) in [4.78, 5) is 0. The number of benzene rings is 2. The van der Waals surface area contributed by atoms with E-state index in [0.717, 1.165) is 17.2 Å². The summed E-state index contributed by atoms with van der Waals surface area (Å²) < 4.78 is 26.3. The molecule has 0 saturated carbocycles. The first-order valence-electron chi connectivity index (χ1n) is 5.45. The lowest BCUT2D eigenvalue weighted by atomic mass is 9.96. The van der Waals surface area contributed by atoms with Gasteiger partial charge in [-0.05, 0) is 47.9 Å². The highest BCUT2D eigenvalue weighted by atomic mass is 35.5. The standard InChI is InChI=1S/C14H12ClF2N/c1-8-4-10(15)2-3-13(8)14(18)9-5-11(16)7-12(17)6-9/h2-7,14H,18H2,1H3. The van der Waals surface area contributed by atoms with E-state index in [0.29, 0.717) is 10.6 Å². The van der Waals surface area contributed by atoms with Crippen LogP contribution in [0.4, 0.5) is 8.78 Å². The third-order valence-electron chi connectivity index (χ3n) is 2.81. The van der Waals surface area contributed by atoms with Gasteiger partial charge in [-0.15, -0.1) is 0 Å². The fourth-order valence-corrected chi connectivity index (χ4v) is 2.15. The van der Waals surface area contributed by atoms with Crippen molar-refractivity contribution in [3.8, 4) is 0 Å². The molecule has 0 aliphatic rings. The molecule has 0 heterocycles. The van der Waals surface area contributed by atoms with Gasteiger partial charge in [-0.2, -0.15) is 0 Å². The maximum atomic E-state index is 13.2. The van der Waals surface area contributed by atoms with Crippen molar-refractivity contribution in [2.45, 2.75) is 13.0 Å². The summed E-state index contributed by atoms with van der Waals surface area (Å²) in [5.41, 5.74) is 8.11. The molecule has 4 heteroatoms. The normalized spacial score (nSPS) is 12.5. The Morgan fingerprint density at radius 1 is 1.06 bits per heavy atom. The molecule has 2 aromatic carbocycles. The molecule has 0 aliphatic heterocycles. The van der Waals surface area contributed by atoms with Crippen LogP contribution in [0.15, 0.2) is 36.4 Å². The van der Waals surface area contributed by atoms with Gasteiger partial charge in [-0.25, -0.2) is 8.78 Å². The van der Waals surface area contributed by atoms with Crippen molar-refractivity contribution in [2.24, 2.45) is 5.73 Å². The predicted molar refractivity (Wildman–Crippen MR) is 68.6 cm³/mol. The summed E-state index contributed by atoms with van der Waals surface area (Å²) in [6.07, 6.45) is 0. The van der Waals surface area contributed by atoms with Crippen molar-refractivity contribution in [1.29, 1.82) is 0 Å². The van der Waals surface area contributed by atoms with Crippen molar-refractivity contribution >= 4 is 11.6 Å². The molecule has 0 aliphatic carbocycles. The first-order valence-corrected chi connectivity index (χ1v) is 5.83. The maximum absolute atomic E-state index is 13.2. The molecule has 2 aromatic rings. The van der Waals surface area contributed by atoms with Gasteiger partial charge in [-0.1, -0.05) is 17.7 Å². The monoisotopic (exact) mass is 267 g/mol. The second-order valence-corrected chi connectivity index (χ2v) is 4.62. The Kier molecular flexibility index (Phi) is 3.64. The van der Waals surface area contributed by atoms with E-state index in [1.807, 2.05) is 6.92 Å². The van der Waals surface area contributed by atoms with E-state index in [1.165, 1.54) is 12.1 Å². The molecule has 0 saturated heterocycles. The minimum absolute atomic E-state index is 0.401. The van der Waals surface area contributed by atoms with Gasteiger partial charge < -0.3 is 5.73 Å². The first-order chi connectivity index (χ1) is 8.47. The molecule has 0 bridgehead atoms. The molecule has 2 N–H and O–H groups in total. The number of aryl methyl sites for hydroxylation is 1. The summed E-state index contributed by atoms with van der Waals surface area (Å²) in [6, 6.07) is 7.97. The third-order valence-corrected chi connectivity index (χ3v) is 3.05. The van der Waals surface area contributed by atoms with E-state index in [2.05, 4.69) is 0 Å². The second kappa shape index (κ2) is 5.04. The lowest BCUT2D eigenvalue weighted by Crippen LogP contribution is -2.13. The van der Waals surface area contributed by atoms with E-state index in [-0.39, 0.29) is 0 Å². The highest BCUT2D eigenvalue weighted by Gasteiger charge is 2.13. The highest BCUT2D eigenvalue weighted by molar-refractivity contribution is 6.30. The van der Waals surface area contributed by atoms with Crippen LogP contribution in [0.5, 0.6) is 0 Å². The number of rotatable bonds is 2. The van der Waals surface area contributed by atoms with E-state index in [1.54, 1.807) is 18.2 Å². The lowest BCUT2D eigenvalue weighted by molar-refractivity contribution is 0.577. The first kappa shape index (κ1) is 13.0. The summed E-state index contributed by atoms with van der Waals surface area (Å²) in [5.74, 6) is -1.26. The van der Waals surface area contributed by atoms with Crippen molar-refractivity contribution in [1.82, 2.24) is 0 Å². The van der Waals surface area contributed by atoms with Crippen LogP contribution in [-0.2, 0) is 0 Å². The average Bonchev–Trinajstić information content (AvgIpc) is 2.26. The Hall–Kier alpha value is -1.45. The molecule has 1 unspecified atom stereocenters. The van der Waals surface area contributed by atoms with Crippen molar-refractivity contribution in [3.63, 3.8) is 0 Å². The predicted octanol–water partition coefficient (Wildman–Crippen LogP) is 3.97. The highest BCUT2D eigenvalue weighted by Crippen LogP contribution is 2.26. The van der Waals surface area contributed by atoms with E-state index in [4.69, 9.17) is 17.3 Å². The van der Waals surface area contributed by atoms with Crippen LogP contribution in [0.2, 0.25) is 5.02 Å². The van der Waals surface area contributed by atoms with Gasteiger partial charge in [0.25, 0.3) is 0 Å². The molecular formula is C14H12ClF2N. The minimum atomic E-state index is -0.632. The van der Waals surface area contributed by atoms with Crippen molar-refractivity contribution in [3.05, 3.63) is 69.7 Å². The molecule has 2 rings (SSSR count). The van der Waals surface area contributed by atoms with Crippen LogP contribution in [0, 0.1) is 18.6 Å². The minimum Gasteiger partial charge on any atom is -0.320 e. The Balaban J connectivity index is 2.44. The Labute approximate surface area is 109 Å². The molecule has 0 radical (unpaired) electrons. The smallest absolute Gasteiger partial charge is 0.126 e. The third kappa shape index (κ3) is 2.68. The summed E-state index contributed by atoms with van der Waals surface area (Å²) in [7, 11) is 0. The zero-order valence-corrected chi connectivity index (χ0v) is 10.5. The van der Waals surface area contributed by atoms with Gasteiger partial charge in [0.1, 0.15) is 11.6 Å².